The lowest BCUT2D eigenvalue weighted by molar-refractivity contribution is -0.729. The molecule has 0 rings (SSSR count). The molecule has 0 saturated heterocycles. The molecule has 0 radical (unpaired) electrons. The molecule has 0 aromatic rings. The van der Waals surface area contributed by atoms with Crippen LogP contribution >= 0.6 is 0 Å². The molecule has 0 amide bonds. The quantitative estimate of drug-likeness (QED) is 0.146. The number of unbranched alkanes of at least 4 members (excludes halogenated alkanes) is 7. The zero-order valence-electron chi connectivity index (χ0n) is 15.5. The summed E-state index contributed by atoms with van der Waals surface area (Å²) >= 11 is 0. The second-order valence-electron chi connectivity index (χ2n) is 6.02. The van der Waals surface area contributed by atoms with Gasteiger partial charge < -0.3 is 0 Å². The summed E-state index contributed by atoms with van der Waals surface area (Å²) in [5, 5.41) is 8.89. The van der Waals surface area contributed by atoms with E-state index in [1.54, 1.807) is 0 Å². The number of allylic oxidation sites excluding steroid dienone is 6. The minimum Gasteiger partial charge on any atom is -0.268 e. The largest absolute Gasteiger partial charge is 0.303 e. The molecule has 0 unspecified atom stereocenters. The fourth-order valence-electron chi connectivity index (χ4n) is 2.30. The van der Waals surface area contributed by atoms with Crippen LogP contribution in [-0.4, -0.2) is 11.1 Å². The molecule has 0 aliphatic heterocycles. The van der Waals surface area contributed by atoms with E-state index in [0.29, 0.717) is 6.42 Å². The van der Waals surface area contributed by atoms with E-state index < -0.39 is 11.1 Å². The SMILES string of the molecule is CCCCCC=CCC=CCC=CCCCCCCC(=O)O[N+](=O)[O-]. The smallest absolute Gasteiger partial charge is 0.268 e. The average Bonchev–Trinajstić information content (AvgIpc) is 2.57. The van der Waals surface area contributed by atoms with E-state index in [2.05, 4.69) is 48.2 Å². The molecule has 0 aromatic carbocycles. The van der Waals surface area contributed by atoms with E-state index >= 15 is 0 Å². The molecule has 5 heteroatoms. The van der Waals surface area contributed by atoms with E-state index in [-0.39, 0.29) is 6.42 Å². The third kappa shape index (κ3) is 20.0. The zero-order valence-corrected chi connectivity index (χ0v) is 15.5. The maximum absolute atomic E-state index is 10.9. The van der Waals surface area contributed by atoms with Crippen molar-refractivity contribution >= 4 is 5.97 Å². The number of hydrogen-bond acceptors (Lipinski definition) is 4. The van der Waals surface area contributed by atoms with Crippen LogP contribution in [0.15, 0.2) is 36.5 Å². The van der Waals surface area contributed by atoms with Gasteiger partial charge >= 0.3 is 11.1 Å². The van der Waals surface area contributed by atoms with E-state index in [1.165, 1.54) is 25.7 Å². The maximum Gasteiger partial charge on any atom is 0.303 e. The fraction of sp³-hybridized carbons (Fsp3) is 0.650. The Morgan fingerprint density at radius 3 is 1.92 bits per heavy atom. The zero-order chi connectivity index (χ0) is 18.6. The second kappa shape index (κ2) is 18.4. The first-order valence-electron chi connectivity index (χ1n) is 9.47. The van der Waals surface area contributed by atoms with E-state index in [9.17, 15) is 14.9 Å². The van der Waals surface area contributed by atoms with Crippen LogP contribution in [0.2, 0.25) is 0 Å². The van der Waals surface area contributed by atoms with Gasteiger partial charge in [-0.05, 0) is 44.9 Å². The molecule has 0 atom stereocenters. The first-order chi connectivity index (χ1) is 12.2. The van der Waals surface area contributed by atoms with Crippen molar-refractivity contribution in [3.05, 3.63) is 46.6 Å². The maximum atomic E-state index is 10.9. The van der Waals surface area contributed by atoms with Crippen molar-refractivity contribution in [2.24, 2.45) is 0 Å². The van der Waals surface area contributed by atoms with Gasteiger partial charge in [-0.25, -0.2) is 4.84 Å². The van der Waals surface area contributed by atoms with Gasteiger partial charge in [0, 0.05) is 6.42 Å². The number of carbonyl (C=O) groups excluding carboxylic acids is 1. The molecule has 0 N–H and O–H groups in total. The molecule has 142 valence electrons. The summed E-state index contributed by atoms with van der Waals surface area (Å²) in [5.41, 5.74) is 0. The van der Waals surface area contributed by atoms with E-state index in [1.807, 2.05) is 0 Å². The van der Waals surface area contributed by atoms with Crippen LogP contribution in [0.1, 0.15) is 84.0 Å². The summed E-state index contributed by atoms with van der Waals surface area (Å²) in [7, 11) is 0. The Kier molecular flexibility index (Phi) is 17.0. The first kappa shape index (κ1) is 23.1. The summed E-state index contributed by atoms with van der Waals surface area (Å²) in [6, 6.07) is 0. The van der Waals surface area contributed by atoms with Crippen LogP contribution in [0.25, 0.3) is 0 Å². The van der Waals surface area contributed by atoms with Gasteiger partial charge in [0.25, 0.3) is 0 Å². The average molecular weight is 351 g/mol. The molecule has 0 fully saturated rings. The van der Waals surface area contributed by atoms with Crippen LogP contribution in [0, 0.1) is 10.1 Å². The highest BCUT2D eigenvalue weighted by Crippen LogP contribution is 2.07. The molecule has 0 heterocycles. The lowest BCUT2D eigenvalue weighted by atomic mass is 10.1. The lowest BCUT2D eigenvalue weighted by Gasteiger charge is -1.98. The predicted molar refractivity (Wildman–Crippen MR) is 102 cm³/mol. The highest BCUT2D eigenvalue weighted by molar-refractivity contribution is 5.68. The third-order valence-corrected chi connectivity index (χ3v) is 3.70. The number of nitrogens with zero attached hydrogens (tertiary/aromatic N) is 1. The Hall–Kier alpha value is -1.91. The highest BCUT2D eigenvalue weighted by Gasteiger charge is 2.05. The lowest BCUT2D eigenvalue weighted by Crippen LogP contribution is -2.09. The molecule has 0 spiro atoms. The van der Waals surface area contributed by atoms with E-state index in [0.717, 1.165) is 38.5 Å². The van der Waals surface area contributed by atoms with E-state index in [4.69, 9.17) is 0 Å². The number of hydrogen-bond donors (Lipinski definition) is 0. The van der Waals surface area contributed by atoms with Crippen LogP contribution in [0.5, 0.6) is 0 Å². The number of carbonyl (C=O) groups is 1. The Morgan fingerprint density at radius 1 is 0.840 bits per heavy atom. The standard InChI is InChI=1S/C20H33NO4/c1-2-3-4-5-6-7-8-9-10-11-12-13-14-15-16-17-18-19-20(22)25-21(23)24/h6-7,9-10,12-13H,2-5,8,11,14-19H2,1H3. The normalized spacial score (nSPS) is 11.7. The molecular formula is C20H33NO4. The third-order valence-electron chi connectivity index (χ3n) is 3.70. The van der Waals surface area contributed by atoms with Gasteiger partial charge in [0.1, 0.15) is 0 Å². The summed E-state index contributed by atoms with van der Waals surface area (Å²) in [4.78, 5) is 24.7. The van der Waals surface area contributed by atoms with Crippen LogP contribution < -0.4 is 0 Å². The molecule has 0 aliphatic carbocycles. The second-order valence-corrected chi connectivity index (χ2v) is 6.02. The minimum atomic E-state index is -1.05. The topological polar surface area (TPSA) is 69.4 Å². The molecule has 0 aromatic heterocycles. The molecular weight excluding hydrogens is 318 g/mol. The van der Waals surface area contributed by atoms with Crippen molar-refractivity contribution in [1.82, 2.24) is 0 Å². The van der Waals surface area contributed by atoms with Gasteiger partial charge in [0.05, 0.1) is 0 Å². The fourth-order valence-corrected chi connectivity index (χ4v) is 2.30. The van der Waals surface area contributed by atoms with Crippen molar-refractivity contribution in [2.75, 3.05) is 0 Å². The van der Waals surface area contributed by atoms with Crippen LogP contribution in [0.3, 0.4) is 0 Å². The Bertz CT molecular complexity index is 427. The van der Waals surface area contributed by atoms with Gasteiger partial charge in [0.2, 0.25) is 0 Å². The highest BCUT2D eigenvalue weighted by atomic mass is 17.0. The minimum absolute atomic E-state index is 0.120. The Labute approximate surface area is 151 Å². The van der Waals surface area contributed by atoms with Gasteiger partial charge in [-0.15, -0.1) is 10.1 Å². The molecule has 5 nitrogen and oxygen atoms in total. The van der Waals surface area contributed by atoms with Crippen LogP contribution in [0.4, 0.5) is 0 Å². The Balaban J connectivity index is 3.36. The molecule has 0 bridgehead atoms. The van der Waals surface area contributed by atoms with Crippen LogP contribution in [-0.2, 0) is 9.63 Å². The van der Waals surface area contributed by atoms with Crippen molar-refractivity contribution in [2.45, 2.75) is 84.0 Å². The summed E-state index contributed by atoms with van der Waals surface area (Å²) in [5.74, 6) is -0.757. The van der Waals surface area contributed by atoms with Gasteiger partial charge in [-0.2, -0.15) is 0 Å². The van der Waals surface area contributed by atoms with Gasteiger partial charge in [-0.3, -0.25) is 4.79 Å². The van der Waals surface area contributed by atoms with Crippen molar-refractivity contribution in [3.8, 4) is 0 Å². The predicted octanol–water partition coefficient (Wildman–Crippen LogP) is 6.09. The summed E-state index contributed by atoms with van der Waals surface area (Å²) < 4.78 is 0. The first-order valence-corrected chi connectivity index (χ1v) is 9.47. The number of rotatable bonds is 16. The van der Waals surface area contributed by atoms with Gasteiger partial charge in [-0.1, -0.05) is 69.1 Å². The van der Waals surface area contributed by atoms with Gasteiger partial charge in [0.15, 0.2) is 0 Å². The van der Waals surface area contributed by atoms with Crippen molar-refractivity contribution in [3.63, 3.8) is 0 Å². The monoisotopic (exact) mass is 351 g/mol. The molecule has 25 heavy (non-hydrogen) atoms. The molecule has 0 saturated carbocycles. The Morgan fingerprint density at radius 2 is 1.36 bits per heavy atom. The molecule has 0 aliphatic rings. The van der Waals surface area contributed by atoms with Crippen molar-refractivity contribution < 1.29 is 14.7 Å². The summed E-state index contributed by atoms with van der Waals surface area (Å²) in [6.07, 6.45) is 25.1. The van der Waals surface area contributed by atoms with Crippen molar-refractivity contribution in [1.29, 1.82) is 0 Å². The summed E-state index contributed by atoms with van der Waals surface area (Å²) in [6.45, 7) is 2.22.